The Labute approximate surface area is 161 Å². The molecule has 1 fully saturated rings. The summed E-state index contributed by atoms with van der Waals surface area (Å²) in [6.07, 6.45) is 8.41. The topological polar surface area (TPSA) is 51.1 Å². The molecular weight excluding hydrogens is 340 g/mol. The third kappa shape index (κ3) is 3.73. The molecule has 2 aliphatic carbocycles. The van der Waals surface area contributed by atoms with Crippen LogP contribution in [-0.4, -0.2) is 36.4 Å². The lowest BCUT2D eigenvalue weighted by atomic mass is 9.76. The van der Waals surface area contributed by atoms with Crippen LogP contribution in [0.25, 0.3) is 0 Å². The minimum Gasteiger partial charge on any atom is -0.490 e. The van der Waals surface area contributed by atoms with Gasteiger partial charge in [0.05, 0.1) is 24.8 Å². The fourth-order valence-electron chi connectivity index (χ4n) is 3.99. The maximum absolute atomic E-state index is 12.9. The largest absolute Gasteiger partial charge is 0.490 e. The van der Waals surface area contributed by atoms with E-state index in [9.17, 15) is 4.79 Å². The Bertz CT molecular complexity index is 767. The average Bonchev–Trinajstić information content (AvgIpc) is 3.50. The van der Waals surface area contributed by atoms with Crippen molar-refractivity contribution >= 4 is 11.6 Å². The van der Waals surface area contributed by atoms with E-state index >= 15 is 0 Å². The normalized spacial score (nSPS) is 24.4. The molecule has 144 valence electrons. The first kappa shape index (κ1) is 18.1. The van der Waals surface area contributed by atoms with Crippen LogP contribution >= 0.6 is 0 Å². The molecule has 4 rings (SSSR count). The van der Waals surface area contributed by atoms with Gasteiger partial charge in [-0.2, -0.15) is 5.10 Å². The van der Waals surface area contributed by atoms with Crippen molar-refractivity contribution in [3.63, 3.8) is 0 Å². The Balaban J connectivity index is 1.71. The number of rotatable bonds is 7. The summed E-state index contributed by atoms with van der Waals surface area (Å²) in [5.74, 6) is 2.46. The van der Waals surface area contributed by atoms with Crippen LogP contribution in [0.1, 0.15) is 45.1 Å². The summed E-state index contributed by atoms with van der Waals surface area (Å²) in [7, 11) is 0. The van der Waals surface area contributed by atoms with Crippen LogP contribution in [0, 0.1) is 17.8 Å². The molecule has 0 radical (unpaired) electrons. The Morgan fingerprint density at radius 3 is 2.44 bits per heavy atom. The van der Waals surface area contributed by atoms with Crippen molar-refractivity contribution in [1.82, 2.24) is 5.01 Å². The van der Waals surface area contributed by atoms with E-state index in [1.54, 1.807) is 5.01 Å². The van der Waals surface area contributed by atoms with Crippen molar-refractivity contribution < 1.29 is 14.3 Å². The average molecular weight is 368 g/mol. The summed E-state index contributed by atoms with van der Waals surface area (Å²) in [5.41, 5.74) is 2.04. The molecule has 2 unspecified atom stereocenters. The maximum Gasteiger partial charge on any atom is 0.246 e. The summed E-state index contributed by atoms with van der Waals surface area (Å²) in [6.45, 7) is 5.87. The first-order valence-corrected chi connectivity index (χ1v) is 10.2. The monoisotopic (exact) mass is 368 g/mol. The lowest BCUT2D eigenvalue weighted by Gasteiger charge is -2.37. The first-order valence-electron chi connectivity index (χ1n) is 10.2. The summed E-state index contributed by atoms with van der Waals surface area (Å²) in [4.78, 5) is 12.9. The quantitative estimate of drug-likeness (QED) is 0.683. The number of hydrogen-bond donors (Lipinski definition) is 0. The molecule has 0 N–H and O–H groups in total. The number of fused-ring (bicyclic) bond motifs is 1. The SMILES string of the molecule is CCOc1ccc(C2=NN(CC3CC3)C(=O)C3CC=CCC23)cc1OCC. The maximum atomic E-state index is 12.9. The molecule has 1 aliphatic heterocycles. The number of hydrogen-bond acceptors (Lipinski definition) is 4. The Morgan fingerprint density at radius 2 is 1.74 bits per heavy atom. The molecule has 2 atom stereocenters. The van der Waals surface area contributed by atoms with Gasteiger partial charge < -0.3 is 9.47 Å². The molecule has 3 aliphatic rings. The molecule has 1 aromatic rings. The zero-order chi connectivity index (χ0) is 18.8. The van der Waals surface area contributed by atoms with Crippen LogP contribution < -0.4 is 9.47 Å². The van der Waals surface area contributed by atoms with Crippen molar-refractivity contribution in [2.45, 2.75) is 39.5 Å². The molecule has 1 saturated carbocycles. The van der Waals surface area contributed by atoms with Crippen LogP contribution in [0.3, 0.4) is 0 Å². The molecule has 1 amide bonds. The molecular formula is C22H28N2O3. The molecule has 0 aromatic heterocycles. The lowest BCUT2D eigenvalue weighted by molar-refractivity contribution is -0.138. The van der Waals surface area contributed by atoms with Gasteiger partial charge in [-0.15, -0.1) is 0 Å². The second-order valence-electron chi connectivity index (χ2n) is 7.53. The minimum absolute atomic E-state index is 0.00311. The number of hydrazone groups is 1. The number of nitrogens with zero attached hydrogens (tertiary/aromatic N) is 2. The van der Waals surface area contributed by atoms with Gasteiger partial charge in [0.15, 0.2) is 11.5 Å². The molecule has 5 nitrogen and oxygen atoms in total. The fourth-order valence-corrected chi connectivity index (χ4v) is 3.99. The number of carbonyl (C=O) groups excluding carboxylic acids is 1. The van der Waals surface area contributed by atoms with E-state index in [-0.39, 0.29) is 17.7 Å². The van der Waals surface area contributed by atoms with Gasteiger partial charge in [-0.1, -0.05) is 12.2 Å². The summed E-state index contributed by atoms with van der Waals surface area (Å²) < 4.78 is 11.5. The van der Waals surface area contributed by atoms with Gasteiger partial charge in [0.1, 0.15) is 0 Å². The van der Waals surface area contributed by atoms with Crippen LogP contribution in [0.15, 0.2) is 35.5 Å². The van der Waals surface area contributed by atoms with Crippen LogP contribution in [-0.2, 0) is 4.79 Å². The summed E-state index contributed by atoms with van der Waals surface area (Å²) in [5, 5.41) is 6.58. The van der Waals surface area contributed by atoms with E-state index in [4.69, 9.17) is 14.6 Å². The predicted molar refractivity (Wildman–Crippen MR) is 105 cm³/mol. The molecule has 5 heteroatoms. The van der Waals surface area contributed by atoms with Gasteiger partial charge in [-0.25, -0.2) is 5.01 Å². The van der Waals surface area contributed by atoms with Gasteiger partial charge in [-0.05, 0) is 63.6 Å². The highest BCUT2D eigenvalue weighted by molar-refractivity contribution is 6.07. The Kier molecular flexibility index (Phi) is 5.19. The second kappa shape index (κ2) is 7.75. The van der Waals surface area contributed by atoms with Gasteiger partial charge >= 0.3 is 0 Å². The second-order valence-corrected chi connectivity index (χ2v) is 7.53. The third-order valence-corrected chi connectivity index (χ3v) is 5.55. The third-order valence-electron chi connectivity index (χ3n) is 5.55. The number of ether oxygens (including phenoxy) is 2. The van der Waals surface area contributed by atoms with E-state index in [1.165, 1.54) is 12.8 Å². The minimum atomic E-state index is 0.00311. The van der Waals surface area contributed by atoms with Crippen molar-refractivity contribution in [1.29, 1.82) is 0 Å². The highest BCUT2D eigenvalue weighted by Crippen LogP contribution is 2.38. The summed E-state index contributed by atoms with van der Waals surface area (Å²) >= 11 is 0. The molecule has 0 saturated heterocycles. The Hall–Kier alpha value is -2.30. The molecule has 27 heavy (non-hydrogen) atoms. The van der Waals surface area contributed by atoms with E-state index in [0.29, 0.717) is 19.1 Å². The van der Waals surface area contributed by atoms with Gasteiger partial charge in [0.25, 0.3) is 0 Å². The van der Waals surface area contributed by atoms with Gasteiger partial charge in [-0.3, -0.25) is 4.79 Å². The summed E-state index contributed by atoms with van der Waals surface area (Å²) in [6, 6.07) is 6.03. The number of benzene rings is 1. The lowest BCUT2D eigenvalue weighted by Crippen LogP contribution is -2.46. The molecule has 0 spiro atoms. The molecule has 1 aromatic carbocycles. The van der Waals surface area contributed by atoms with E-state index in [0.717, 1.165) is 42.2 Å². The van der Waals surface area contributed by atoms with E-state index in [1.807, 2.05) is 32.0 Å². The molecule has 1 heterocycles. The zero-order valence-corrected chi connectivity index (χ0v) is 16.2. The van der Waals surface area contributed by atoms with Crippen molar-refractivity contribution in [2.24, 2.45) is 22.9 Å². The number of amides is 1. The predicted octanol–water partition coefficient (Wildman–Crippen LogP) is 4.02. The standard InChI is InChI=1S/C22H28N2O3/c1-3-26-19-12-11-16(13-20(19)27-4-2)21-17-7-5-6-8-18(17)22(25)24(23-21)14-15-9-10-15/h5-6,11-13,15,17-18H,3-4,7-10,14H2,1-2H3. The fraction of sp³-hybridized carbons (Fsp3) is 0.545. The number of allylic oxidation sites excluding steroid dienone is 2. The molecule has 0 bridgehead atoms. The number of carbonyl (C=O) groups is 1. The first-order chi connectivity index (χ1) is 13.2. The smallest absolute Gasteiger partial charge is 0.246 e. The van der Waals surface area contributed by atoms with Gasteiger partial charge in [0.2, 0.25) is 5.91 Å². The zero-order valence-electron chi connectivity index (χ0n) is 16.2. The van der Waals surface area contributed by atoms with Crippen LogP contribution in [0.4, 0.5) is 0 Å². The highest BCUT2D eigenvalue weighted by atomic mass is 16.5. The Morgan fingerprint density at radius 1 is 1.04 bits per heavy atom. The van der Waals surface area contributed by atoms with Crippen LogP contribution in [0.2, 0.25) is 0 Å². The van der Waals surface area contributed by atoms with E-state index < -0.39 is 0 Å². The van der Waals surface area contributed by atoms with Gasteiger partial charge in [0, 0.05) is 18.0 Å². The van der Waals surface area contributed by atoms with Crippen molar-refractivity contribution in [2.75, 3.05) is 19.8 Å². The van der Waals surface area contributed by atoms with Crippen molar-refractivity contribution in [3.05, 3.63) is 35.9 Å². The van der Waals surface area contributed by atoms with E-state index in [2.05, 4.69) is 12.2 Å². The van der Waals surface area contributed by atoms with Crippen LogP contribution in [0.5, 0.6) is 11.5 Å². The highest BCUT2D eigenvalue weighted by Gasteiger charge is 2.41. The van der Waals surface area contributed by atoms with Crippen molar-refractivity contribution in [3.8, 4) is 11.5 Å².